The normalized spacial score (nSPS) is 9.86. The van der Waals surface area contributed by atoms with E-state index in [1.54, 1.807) is 54.6 Å². The lowest BCUT2D eigenvalue weighted by Gasteiger charge is -2.10. The number of amides is 5. The van der Waals surface area contributed by atoms with Crippen LogP contribution in [0.15, 0.2) is 54.6 Å². The molecule has 0 saturated heterocycles. The summed E-state index contributed by atoms with van der Waals surface area (Å²) >= 11 is 0. The Morgan fingerprint density at radius 2 is 1.50 bits per heavy atom. The largest absolute Gasteiger partial charge is 0.352 e. The maximum absolute atomic E-state index is 12.0. The predicted octanol–water partition coefficient (Wildman–Crippen LogP) is 0.340. The minimum Gasteiger partial charge on any atom is -0.352 e. The SMILES string of the molecule is NC(=O)NCC(=O)NCc1cccc(NC(=O)CNC(=O)c2ccccc2)c1. The van der Waals surface area contributed by atoms with E-state index in [2.05, 4.69) is 21.3 Å². The average molecular weight is 383 g/mol. The fourth-order valence-corrected chi connectivity index (χ4v) is 2.25. The number of hydrogen-bond donors (Lipinski definition) is 5. The van der Waals surface area contributed by atoms with Gasteiger partial charge in [-0.15, -0.1) is 0 Å². The molecule has 146 valence electrons. The molecular formula is C19H21N5O4. The molecule has 2 aromatic carbocycles. The van der Waals surface area contributed by atoms with Gasteiger partial charge in [0.2, 0.25) is 11.8 Å². The van der Waals surface area contributed by atoms with Crippen molar-refractivity contribution in [1.29, 1.82) is 0 Å². The van der Waals surface area contributed by atoms with Crippen molar-refractivity contribution < 1.29 is 19.2 Å². The number of urea groups is 1. The van der Waals surface area contributed by atoms with E-state index < -0.39 is 11.9 Å². The van der Waals surface area contributed by atoms with Crippen molar-refractivity contribution in [2.45, 2.75) is 6.54 Å². The molecule has 0 atom stereocenters. The fraction of sp³-hybridized carbons (Fsp3) is 0.158. The molecule has 9 heteroatoms. The van der Waals surface area contributed by atoms with Crippen molar-refractivity contribution >= 4 is 29.4 Å². The quantitative estimate of drug-likeness (QED) is 0.448. The van der Waals surface area contributed by atoms with Crippen LogP contribution in [0.1, 0.15) is 15.9 Å². The van der Waals surface area contributed by atoms with Crippen molar-refractivity contribution in [3.63, 3.8) is 0 Å². The summed E-state index contributed by atoms with van der Waals surface area (Å²) < 4.78 is 0. The summed E-state index contributed by atoms with van der Waals surface area (Å²) in [4.78, 5) is 46.1. The Hall–Kier alpha value is -3.88. The summed E-state index contributed by atoms with van der Waals surface area (Å²) in [5.74, 6) is -1.11. The zero-order chi connectivity index (χ0) is 20.4. The number of anilines is 1. The predicted molar refractivity (Wildman–Crippen MR) is 103 cm³/mol. The van der Waals surface area contributed by atoms with E-state index in [4.69, 9.17) is 5.73 Å². The third kappa shape index (κ3) is 7.16. The molecule has 0 aliphatic rings. The van der Waals surface area contributed by atoms with Gasteiger partial charge in [-0.25, -0.2) is 4.79 Å². The Morgan fingerprint density at radius 3 is 2.21 bits per heavy atom. The molecule has 0 saturated carbocycles. The molecule has 0 unspecified atom stereocenters. The lowest BCUT2D eigenvalue weighted by Crippen LogP contribution is -2.39. The van der Waals surface area contributed by atoms with Gasteiger partial charge in [0, 0.05) is 17.8 Å². The molecule has 2 rings (SSSR count). The van der Waals surface area contributed by atoms with E-state index in [1.165, 1.54) is 0 Å². The Bertz CT molecular complexity index is 854. The van der Waals surface area contributed by atoms with Crippen LogP contribution >= 0.6 is 0 Å². The lowest BCUT2D eigenvalue weighted by atomic mass is 10.2. The summed E-state index contributed by atoms with van der Waals surface area (Å²) in [6, 6.07) is 14.7. The highest BCUT2D eigenvalue weighted by Gasteiger charge is 2.08. The molecule has 0 fully saturated rings. The number of carbonyl (C=O) groups is 4. The van der Waals surface area contributed by atoms with Gasteiger partial charge in [-0.2, -0.15) is 0 Å². The van der Waals surface area contributed by atoms with E-state index in [0.29, 0.717) is 11.3 Å². The molecule has 0 bridgehead atoms. The third-order valence-corrected chi connectivity index (χ3v) is 3.57. The molecule has 0 aromatic heterocycles. The van der Waals surface area contributed by atoms with Gasteiger partial charge < -0.3 is 27.0 Å². The highest BCUT2D eigenvalue weighted by Crippen LogP contribution is 2.10. The van der Waals surface area contributed by atoms with Crippen molar-refractivity contribution in [3.05, 3.63) is 65.7 Å². The molecular weight excluding hydrogens is 362 g/mol. The lowest BCUT2D eigenvalue weighted by molar-refractivity contribution is -0.120. The molecule has 0 heterocycles. The number of nitrogens with two attached hydrogens (primary N) is 1. The molecule has 2 aromatic rings. The van der Waals surface area contributed by atoms with Gasteiger partial charge in [-0.05, 0) is 29.8 Å². The highest BCUT2D eigenvalue weighted by molar-refractivity contribution is 5.99. The minimum atomic E-state index is -0.779. The van der Waals surface area contributed by atoms with Crippen LogP contribution in [-0.2, 0) is 16.1 Å². The van der Waals surface area contributed by atoms with Crippen LogP contribution in [0.25, 0.3) is 0 Å². The van der Waals surface area contributed by atoms with Gasteiger partial charge >= 0.3 is 6.03 Å². The van der Waals surface area contributed by atoms with Crippen molar-refractivity contribution in [2.24, 2.45) is 5.73 Å². The second-order valence-electron chi connectivity index (χ2n) is 5.79. The zero-order valence-electron chi connectivity index (χ0n) is 15.0. The molecule has 5 amide bonds. The number of nitrogens with one attached hydrogen (secondary N) is 4. The standard InChI is InChI=1S/C19H21N5O4/c20-19(28)23-11-16(25)21-10-13-5-4-8-15(9-13)24-17(26)12-22-18(27)14-6-2-1-3-7-14/h1-9H,10-12H2,(H,21,25)(H,22,27)(H,24,26)(H3,20,23,28). The van der Waals surface area contributed by atoms with E-state index in [1.807, 2.05) is 0 Å². The van der Waals surface area contributed by atoms with Crippen molar-refractivity contribution in [1.82, 2.24) is 16.0 Å². The number of rotatable bonds is 8. The highest BCUT2D eigenvalue weighted by atomic mass is 16.2. The average Bonchev–Trinajstić information content (AvgIpc) is 2.70. The summed E-state index contributed by atoms with van der Waals surface area (Å²) in [6.07, 6.45) is 0. The Labute approximate surface area is 161 Å². The van der Waals surface area contributed by atoms with E-state index >= 15 is 0 Å². The maximum Gasteiger partial charge on any atom is 0.312 e. The van der Waals surface area contributed by atoms with Crippen LogP contribution in [0.2, 0.25) is 0 Å². The van der Waals surface area contributed by atoms with Gasteiger partial charge in [0.05, 0.1) is 13.1 Å². The molecule has 9 nitrogen and oxygen atoms in total. The van der Waals surface area contributed by atoms with Crippen LogP contribution in [0.5, 0.6) is 0 Å². The topological polar surface area (TPSA) is 142 Å². The zero-order valence-corrected chi connectivity index (χ0v) is 15.0. The molecule has 0 spiro atoms. The summed E-state index contributed by atoms with van der Waals surface area (Å²) in [7, 11) is 0. The second kappa shape index (κ2) is 10.3. The summed E-state index contributed by atoms with van der Waals surface area (Å²) in [5.41, 5.74) is 6.64. The number of primary amides is 1. The molecule has 28 heavy (non-hydrogen) atoms. The Kier molecular flexibility index (Phi) is 7.53. The first-order valence-corrected chi connectivity index (χ1v) is 8.46. The number of benzene rings is 2. The first-order chi connectivity index (χ1) is 13.4. The molecule has 0 aliphatic heterocycles. The summed E-state index contributed by atoms with van der Waals surface area (Å²) in [6.45, 7) is -0.173. The fourth-order valence-electron chi connectivity index (χ4n) is 2.25. The number of carbonyl (C=O) groups excluding carboxylic acids is 4. The molecule has 0 radical (unpaired) electrons. The van der Waals surface area contributed by atoms with Gasteiger partial charge in [0.25, 0.3) is 5.91 Å². The number of hydrogen-bond acceptors (Lipinski definition) is 4. The van der Waals surface area contributed by atoms with Crippen LogP contribution in [-0.4, -0.2) is 36.8 Å². The van der Waals surface area contributed by atoms with E-state index in [0.717, 1.165) is 5.56 Å². The van der Waals surface area contributed by atoms with Crippen LogP contribution in [0, 0.1) is 0 Å². The van der Waals surface area contributed by atoms with Gasteiger partial charge in [0.15, 0.2) is 0 Å². The van der Waals surface area contributed by atoms with Gasteiger partial charge in [-0.1, -0.05) is 30.3 Å². The van der Waals surface area contributed by atoms with Crippen LogP contribution < -0.4 is 27.0 Å². The van der Waals surface area contributed by atoms with Crippen molar-refractivity contribution in [2.75, 3.05) is 18.4 Å². The van der Waals surface area contributed by atoms with E-state index in [9.17, 15) is 19.2 Å². The second-order valence-corrected chi connectivity index (χ2v) is 5.79. The Balaban J connectivity index is 1.79. The summed E-state index contributed by atoms with van der Waals surface area (Å²) in [5, 5.41) is 10.0. The maximum atomic E-state index is 12.0. The van der Waals surface area contributed by atoms with Gasteiger partial charge in [0.1, 0.15) is 0 Å². The van der Waals surface area contributed by atoms with Crippen LogP contribution in [0.4, 0.5) is 10.5 Å². The monoisotopic (exact) mass is 383 g/mol. The van der Waals surface area contributed by atoms with Crippen LogP contribution in [0.3, 0.4) is 0 Å². The Morgan fingerprint density at radius 1 is 0.786 bits per heavy atom. The first kappa shape index (κ1) is 20.4. The van der Waals surface area contributed by atoms with E-state index in [-0.39, 0.29) is 31.4 Å². The van der Waals surface area contributed by atoms with Gasteiger partial charge in [-0.3, -0.25) is 14.4 Å². The third-order valence-electron chi connectivity index (χ3n) is 3.57. The van der Waals surface area contributed by atoms with Crippen molar-refractivity contribution in [3.8, 4) is 0 Å². The smallest absolute Gasteiger partial charge is 0.312 e. The minimum absolute atomic E-state index is 0.173. The molecule has 0 aliphatic carbocycles. The molecule has 6 N–H and O–H groups in total. The first-order valence-electron chi connectivity index (χ1n) is 8.46.